The summed E-state index contributed by atoms with van der Waals surface area (Å²) in [5.74, 6) is 3.48. The predicted molar refractivity (Wildman–Crippen MR) is 77.0 cm³/mol. The van der Waals surface area contributed by atoms with Crippen molar-refractivity contribution in [1.29, 1.82) is 0 Å². The molecular weight excluding hydrogens is 281 g/mol. The first-order chi connectivity index (χ1) is 7.70. The van der Waals surface area contributed by atoms with Gasteiger partial charge in [-0.1, -0.05) is 35.3 Å². The fourth-order valence-electron chi connectivity index (χ4n) is 1.69. The van der Waals surface area contributed by atoms with E-state index in [4.69, 9.17) is 28.9 Å². The van der Waals surface area contributed by atoms with Crippen LogP contribution in [0.5, 0.6) is 0 Å². The van der Waals surface area contributed by atoms with Crippen LogP contribution in [0.15, 0.2) is 18.2 Å². The van der Waals surface area contributed by atoms with Crippen LogP contribution in [0.3, 0.4) is 0 Å². The molecule has 1 aliphatic heterocycles. The van der Waals surface area contributed by atoms with E-state index in [9.17, 15) is 0 Å². The summed E-state index contributed by atoms with van der Waals surface area (Å²) in [7, 11) is 0. The first kappa shape index (κ1) is 12.9. The van der Waals surface area contributed by atoms with Gasteiger partial charge in [-0.2, -0.15) is 23.5 Å². The molecule has 16 heavy (non-hydrogen) atoms. The summed E-state index contributed by atoms with van der Waals surface area (Å²) < 4.78 is 0. The molecule has 88 valence electrons. The van der Waals surface area contributed by atoms with Gasteiger partial charge in [0.05, 0.1) is 10.0 Å². The summed E-state index contributed by atoms with van der Waals surface area (Å²) in [5, 5.41) is 1.63. The molecule has 0 aromatic heterocycles. The van der Waals surface area contributed by atoms with Crippen LogP contribution in [0.1, 0.15) is 11.6 Å². The molecule has 0 radical (unpaired) electrons. The van der Waals surface area contributed by atoms with E-state index >= 15 is 0 Å². The van der Waals surface area contributed by atoms with Gasteiger partial charge < -0.3 is 5.73 Å². The average molecular weight is 294 g/mol. The molecule has 1 aliphatic rings. The molecule has 0 aliphatic carbocycles. The van der Waals surface area contributed by atoms with Crippen LogP contribution in [0.25, 0.3) is 0 Å². The van der Waals surface area contributed by atoms with Crippen molar-refractivity contribution < 1.29 is 0 Å². The van der Waals surface area contributed by atoms with Crippen LogP contribution in [-0.4, -0.2) is 22.5 Å². The van der Waals surface area contributed by atoms with Gasteiger partial charge in [-0.25, -0.2) is 0 Å². The Balaban J connectivity index is 2.19. The number of hydrogen-bond acceptors (Lipinski definition) is 3. The Morgan fingerprint density at radius 3 is 2.81 bits per heavy atom. The summed E-state index contributed by atoms with van der Waals surface area (Å²) >= 11 is 16.1. The van der Waals surface area contributed by atoms with Crippen molar-refractivity contribution in [2.45, 2.75) is 11.3 Å². The molecule has 1 aromatic rings. The number of hydrogen-bond donors (Lipinski definition) is 1. The Hall–Kier alpha value is 0.460. The number of thioether (sulfide) groups is 2. The largest absolute Gasteiger partial charge is 0.323 e. The SMILES string of the molecule is NC(c1cccc(Cl)c1Cl)C1CSCCS1. The second kappa shape index (κ2) is 5.87. The maximum atomic E-state index is 6.26. The lowest BCUT2D eigenvalue weighted by atomic mass is 10.1. The molecule has 0 spiro atoms. The second-order valence-electron chi connectivity index (χ2n) is 3.65. The molecule has 0 saturated carbocycles. The summed E-state index contributed by atoms with van der Waals surface area (Å²) in [6.45, 7) is 0. The fourth-order valence-corrected chi connectivity index (χ4v) is 4.92. The Bertz CT molecular complexity index is 367. The van der Waals surface area contributed by atoms with Gasteiger partial charge in [-0.05, 0) is 11.6 Å². The van der Waals surface area contributed by atoms with E-state index in [0.29, 0.717) is 15.3 Å². The molecule has 2 N–H and O–H groups in total. The van der Waals surface area contributed by atoms with Crippen LogP contribution in [0.2, 0.25) is 10.0 Å². The number of benzene rings is 1. The van der Waals surface area contributed by atoms with Gasteiger partial charge in [0.1, 0.15) is 0 Å². The van der Waals surface area contributed by atoms with E-state index in [1.807, 2.05) is 35.7 Å². The topological polar surface area (TPSA) is 26.0 Å². The monoisotopic (exact) mass is 293 g/mol. The van der Waals surface area contributed by atoms with Gasteiger partial charge in [0, 0.05) is 28.6 Å². The van der Waals surface area contributed by atoms with Crippen molar-refractivity contribution in [2.75, 3.05) is 17.3 Å². The van der Waals surface area contributed by atoms with Crippen molar-refractivity contribution in [3.63, 3.8) is 0 Å². The molecule has 2 unspecified atom stereocenters. The lowest BCUT2D eigenvalue weighted by Crippen LogP contribution is -2.29. The highest BCUT2D eigenvalue weighted by Gasteiger charge is 2.24. The van der Waals surface area contributed by atoms with Crippen molar-refractivity contribution in [2.24, 2.45) is 5.73 Å². The summed E-state index contributed by atoms with van der Waals surface area (Å²) in [6, 6.07) is 5.65. The van der Waals surface area contributed by atoms with Crippen LogP contribution in [0, 0.1) is 0 Å². The van der Waals surface area contributed by atoms with Gasteiger partial charge in [-0.3, -0.25) is 0 Å². The summed E-state index contributed by atoms with van der Waals surface area (Å²) in [5.41, 5.74) is 7.23. The number of halogens is 2. The first-order valence-corrected chi connectivity index (χ1v) is 8.05. The second-order valence-corrected chi connectivity index (χ2v) is 6.94. The molecule has 2 atom stereocenters. The third-order valence-electron chi connectivity index (χ3n) is 2.58. The van der Waals surface area contributed by atoms with Crippen LogP contribution in [-0.2, 0) is 0 Å². The molecular formula is C11H13Cl2NS2. The number of rotatable bonds is 2. The number of nitrogens with two attached hydrogens (primary N) is 1. The lowest BCUT2D eigenvalue weighted by Gasteiger charge is -2.27. The van der Waals surface area contributed by atoms with Gasteiger partial charge in [0.2, 0.25) is 0 Å². The highest BCUT2D eigenvalue weighted by atomic mass is 35.5. The van der Waals surface area contributed by atoms with Gasteiger partial charge >= 0.3 is 0 Å². The van der Waals surface area contributed by atoms with Crippen LogP contribution >= 0.6 is 46.7 Å². The zero-order chi connectivity index (χ0) is 11.5. The van der Waals surface area contributed by atoms with Gasteiger partial charge in [0.25, 0.3) is 0 Å². The van der Waals surface area contributed by atoms with Crippen molar-refractivity contribution in [3.05, 3.63) is 33.8 Å². The van der Waals surface area contributed by atoms with Crippen LogP contribution in [0.4, 0.5) is 0 Å². The van der Waals surface area contributed by atoms with Crippen molar-refractivity contribution in [3.8, 4) is 0 Å². The molecule has 1 fully saturated rings. The average Bonchev–Trinajstić information content (AvgIpc) is 2.33. The Labute approximate surface area is 114 Å². The van der Waals surface area contributed by atoms with E-state index in [0.717, 1.165) is 11.3 Å². The van der Waals surface area contributed by atoms with Crippen molar-refractivity contribution in [1.82, 2.24) is 0 Å². The Kier molecular flexibility index (Phi) is 4.74. The highest BCUT2D eigenvalue weighted by Crippen LogP contribution is 2.36. The molecule has 1 aromatic carbocycles. The predicted octanol–water partition coefficient (Wildman–Crippen LogP) is 3.84. The minimum atomic E-state index is -0.0241. The highest BCUT2D eigenvalue weighted by molar-refractivity contribution is 8.06. The third kappa shape index (κ3) is 2.82. The Morgan fingerprint density at radius 2 is 2.12 bits per heavy atom. The lowest BCUT2D eigenvalue weighted by molar-refractivity contribution is 0.720. The molecule has 5 heteroatoms. The summed E-state index contributed by atoms with van der Waals surface area (Å²) in [4.78, 5) is 0. The molecule has 1 saturated heterocycles. The molecule has 0 bridgehead atoms. The van der Waals surface area contributed by atoms with Gasteiger partial charge in [0.15, 0.2) is 0 Å². The van der Waals surface area contributed by atoms with E-state index in [-0.39, 0.29) is 6.04 Å². The minimum Gasteiger partial charge on any atom is -0.323 e. The standard InChI is InChI=1S/C11H13Cl2NS2/c12-8-3-1-2-7(10(8)13)11(14)9-6-15-4-5-16-9/h1-3,9,11H,4-6,14H2. The first-order valence-electron chi connectivity index (χ1n) is 5.09. The fraction of sp³-hybridized carbons (Fsp3) is 0.455. The molecule has 1 heterocycles. The zero-order valence-electron chi connectivity index (χ0n) is 8.66. The molecule has 1 nitrogen and oxygen atoms in total. The smallest absolute Gasteiger partial charge is 0.0640 e. The van der Waals surface area contributed by atoms with Crippen LogP contribution < -0.4 is 5.73 Å². The maximum absolute atomic E-state index is 6.26. The summed E-state index contributed by atoms with van der Waals surface area (Å²) in [6.07, 6.45) is 0. The third-order valence-corrected chi connectivity index (χ3v) is 6.30. The van der Waals surface area contributed by atoms with Crippen molar-refractivity contribution >= 4 is 46.7 Å². The van der Waals surface area contributed by atoms with E-state index in [1.54, 1.807) is 6.07 Å². The maximum Gasteiger partial charge on any atom is 0.0640 e. The minimum absolute atomic E-state index is 0.0241. The van der Waals surface area contributed by atoms with Gasteiger partial charge in [-0.15, -0.1) is 0 Å². The molecule has 0 amide bonds. The quantitative estimate of drug-likeness (QED) is 0.897. The Morgan fingerprint density at radius 1 is 1.31 bits per heavy atom. The normalized spacial score (nSPS) is 23.1. The van der Waals surface area contributed by atoms with E-state index in [2.05, 4.69) is 0 Å². The zero-order valence-corrected chi connectivity index (χ0v) is 11.8. The van der Waals surface area contributed by atoms with E-state index < -0.39 is 0 Å². The van der Waals surface area contributed by atoms with E-state index in [1.165, 1.54) is 11.5 Å². The molecule has 2 rings (SSSR count).